The summed E-state index contributed by atoms with van der Waals surface area (Å²) in [7, 11) is 0. The number of ether oxygens (including phenoxy) is 1. The first kappa shape index (κ1) is 11.4. The van der Waals surface area contributed by atoms with E-state index in [9.17, 15) is 9.59 Å². The van der Waals surface area contributed by atoms with E-state index in [0.29, 0.717) is 13.1 Å². The molecule has 0 atom stereocenters. The molecule has 0 aromatic rings. The smallest absolute Gasteiger partial charge is 0.410 e. The van der Waals surface area contributed by atoms with Crippen LogP contribution in [-0.2, 0) is 14.4 Å². The van der Waals surface area contributed by atoms with Crippen molar-refractivity contribution in [2.45, 2.75) is 12.0 Å². The summed E-state index contributed by atoms with van der Waals surface area (Å²) in [6.45, 7) is 4.17. The van der Waals surface area contributed by atoms with Crippen LogP contribution in [0.3, 0.4) is 0 Å². The van der Waals surface area contributed by atoms with Crippen molar-refractivity contribution in [3.63, 3.8) is 0 Å². The monoisotopic (exact) mass is 240 g/mol. The number of oxime groups is 1. The summed E-state index contributed by atoms with van der Waals surface area (Å²) in [5, 5.41) is 12.2. The molecule has 2 rings (SSSR count). The largest absolute Gasteiger partial charge is 0.477 e. The third-order valence-electron chi connectivity index (χ3n) is 2.63. The fraction of sp³-hybridized carbons (Fsp3) is 0.500. The van der Waals surface area contributed by atoms with E-state index < -0.39 is 17.7 Å². The average Bonchev–Trinajstić information content (AvgIpc) is 2.68. The van der Waals surface area contributed by atoms with E-state index in [1.807, 2.05) is 0 Å². The van der Waals surface area contributed by atoms with Gasteiger partial charge in [-0.3, -0.25) is 4.90 Å². The maximum absolute atomic E-state index is 11.4. The van der Waals surface area contributed by atoms with E-state index in [1.165, 1.54) is 11.0 Å². The fourth-order valence-corrected chi connectivity index (χ4v) is 1.81. The summed E-state index contributed by atoms with van der Waals surface area (Å²) >= 11 is 0. The molecule has 0 bridgehead atoms. The van der Waals surface area contributed by atoms with Gasteiger partial charge >= 0.3 is 12.1 Å². The number of carboxylic acids is 1. The molecule has 1 fully saturated rings. The van der Waals surface area contributed by atoms with Crippen LogP contribution in [0.25, 0.3) is 0 Å². The maximum atomic E-state index is 11.4. The highest BCUT2D eigenvalue weighted by Crippen LogP contribution is 2.34. The normalized spacial score (nSPS) is 20.2. The number of carbonyl (C=O) groups is 2. The van der Waals surface area contributed by atoms with Crippen LogP contribution in [0.2, 0.25) is 0 Å². The molecule has 0 unspecified atom stereocenters. The Morgan fingerprint density at radius 2 is 2.35 bits per heavy atom. The molecule has 7 heteroatoms. The van der Waals surface area contributed by atoms with Crippen molar-refractivity contribution < 1.29 is 24.3 Å². The van der Waals surface area contributed by atoms with E-state index in [-0.39, 0.29) is 18.7 Å². The zero-order chi connectivity index (χ0) is 12.5. The van der Waals surface area contributed by atoms with Crippen molar-refractivity contribution in [2.24, 2.45) is 5.16 Å². The highest BCUT2D eigenvalue weighted by molar-refractivity contribution is 6.36. The van der Waals surface area contributed by atoms with Crippen LogP contribution >= 0.6 is 0 Å². The third kappa shape index (κ3) is 2.08. The van der Waals surface area contributed by atoms with Gasteiger partial charge in [0, 0.05) is 6.42 Å². The van der Waals surface area contributed by atoms with E-state index in [0.717, 1.165) is 0 Å². The van der Waals surface area contributed by atoms with Crippen molar-refractivity contribution in [3.8, 4) is 0 Å². The van der Waals surface area contributed by atoms with Gasteiger partial charge in [0.05, 0.1) is 13.1 Å². The number of carboxylic acid groups (broad SMARTS) is 1. The minimum atomic E-state index is -1.09. The van der Waals surface area contributed by atoms with E-state index >= 15 is 0 Å². The summed E-state index contributed by atoms with van der Waals surface area (Å²) in [5.41, 5.74) is -0.676. The second kappa shape index (κ2) is 4.08. The standard InChI is InChI=1S/C10H12N2O5/c1-2-3-16-9(15)12-5-10(6-12)4-7(8(13)14)11-17-10/h2H,1,3-6H2,(H,13,14). The van der Waals surface area contributed by atoms with Gasteiger partial charge in [-0.1, -0.05) is 17.8 Å². The summed E-state index contributed by atoms with van der Waals surface area (Å²) in [6, 6.07) is 0. The predicted octanol–water partition coefficient (Wildman–Crippen LogP) is 0.224. The predicted molar refractivity (Wildman–Crippen MR) is 56.6 cm³/mol. The Morgan fingerprint density at radius 3 is 2.88 bits per heavy atom. The summed E-state index contributed by atoms with van der Waals surface area (Å²) in [5.74, 6) is -1.09. The fourth-order valence-electron chi connectivity index (χ4n) is 1.81. The Labute approximate surface area is 97.3 Å². The Balaban J connectivity index is 1.82. The number of amides is 1. The summed E-state index contributed by atoms with van der Waals surface area (Å²) in [4.78, 5) is 28.6. The van der Waals surface area contributed by atoms with Crippen LogP contribution in [0.1, 0.15) is 6.42 Å². The molecule has 0 aliphatic carbocycles. The highest BCUT2D eigenvalue weighted by atomic mass is 16.7. The number of likely N-dealkylation sites (tertiary alicyclic amines) is 1. The van der Waals surface area contributed by atoms with Gasteiger partial charge in [-0.25, -0.2) is 9.59 Å². The third-order valence-corrected chi connectivity index (χ3v) is 2.63. The van der Waals surface area contributed by atoms with Gasteiger partial charge < -0.3 is 14.7 Å². The molecule has 0 aromatic carbocycles. The molecule has 1 saturated heterocycles. The van der Waals surface area contributed by atoms with E-state index in [1.54, 1.807) is 0 Å². The van der Waals surface area contributed by atoms with Crippen LogP contribution in [0.4, 0.5) is 4.79 Å². The number of hydrogen-bond acceptors (Lipinski definition) is 5. The first-order valence-corrected chi connectivity index (χ1v) is 5.07. The Kier molecular flexibility index (Phi) is 2.74. The zero-order valence-corrected chi connectivity index (χ0v) is 9.09. The van der Waals surface area contributed by atoms with Crippen molar-refractivity contribution in [2.75, 3.05) is 19.7 Å². The van der Waals surface area contributed by atoms with Crippen molar-refractivity contribution >= 4 is 17.8 Å². The maximum Gasteiger partial charge on any atom is 0.410 e. The van der Waals surface area contributed by atoms with Crippen molar-refractivity contribution in [1.82, 2.24) is 4.90 Å². The van der Waals surface area contributed by atoms with Crippen LogP contribution in [0, 0.1) is 0 Å². The van der Waals surface area contributed by atoms with Gasteiger partial charge in [0.25, 0.3) is 0 Å². The molecule has 2 heterocycles. The molecule has 0 aromatic heterocycles. The molecule has 7 nitrogen and oxygen atoms in total. The Hall–Kier alpha value is -2.05. The van der Waals surface area contributed by atoms with Gasteiger partial charge in [0.1, 0.15) is 6.61 Å². The number of carbonyl (C=O) groups excluding carboxylic acids is 1. The average molecular weight is 240 g/mol. The van der Waals surface area contributed by atoms with Crippen molar-refractivity contribution in [1.29, 1.82) is 0 Å². The highest BCUT2D eigenvalue weighted by Gasteiger charge is 2.53. The summed E-state index contributed by atoms with van der Waals surface area (Å²) in [6.07, 6.45) is 1.24. The SMILES string of the molecule is C=CCOC(=O)N1CC2(CC(C(=O)O)=NO2)C1. The topological polar surface area (TPSA) is 88.4 Å². The molecule has 17 heavy (non-hydrogen) atoms. The summed E-state index contributed by atoms with van der Waals surface area (Å²) < 4.78 is 4.83. The minimum absolute atomic E-state index is 0.0101. The first-order valence-electron chi connectivity index (χ1n) is 5.07. The number of aliphatic carboxylic acids is 1. The second-order valence-corrected chi connectivity index (χ2v) is 4.02. The van der Waals surface area contributed by atoms with E-state index in [2.05, 4.69) is 11.7 Å². The van der Waals surface area contributed by atoms with Crippen molar-refractivity contribution in [3.05, 3.63) is 12.7 Å². The lowest BCUT2D eigenvalue weighted by molar-refractivity contribution is -0.129. The first-order chi connectivity index (χ1) is 8.06. The molecule has 92 valence electrons. The van der Waals surface area contributed by atoms with Crippen LogP contribution in [-0.4, -0.2) is 53.1 Å². The van der Waals surface area contributed by atoms with Crippen LogP contribution in [0.5, 0.6) is 0 Å². The molecule has 1 amide bonds. The molecule has 1 spiro atoms. The molecule has 2 aliphatic heterocycles. The molecule has 1 N–H and O–H groups in total. The molecular weight excluding hydrogens is 228 g/mol. The van der Waals surface area contributed by atoms with Gasteiger partial charge in [-0.05, 0) is 0 Å². The lowest BCUT2D eigenvalue weighted by atomic mass is 9.89. The second-order valence-electron chi connectivity index (χ2n) is 4.02. The van der Waals surface area contributed by atoms with Gasteiger partial charge in [0.2, 0.25) is 0 Å². The zero-order valence-electron chi connectivity index (χ0n) is 9.09. The van der Waals surface area contributed by atoms with Gasteiger partial charge in [-0.15, -0.1) is 0 Å². The lowest BCUT2D eigenvalue weighted by Crippen LogP contribution is -2.63. The Bertz CT molecular complexity index is 398. The number of nitrogens with zero attached hydrogens (tertiary/aromatic N) is 2. The lowest BCUT2D eigenvalue weighted by Gasteiger charge is -2.44. The van der Waals surface area contributed by atoms with E-state index in [4.69, 9.17) is 14.7 Å². The van der Waals surface area contributed by atoms with Crippen LogP contribution < -0.4 is 0 Å². The minimum Gasteiger partial charge on any atom is -0.477 e. The molecular formula is C10H12N2O5. The quantitative estimate of drug-likeness (QED) is 0.713. The molecule has 0 saturated carbocycles. The molecule has 0 radical (unpaired) electrons. The van der Waals surface area contributed by atoms with Crippen LogP contribution in [0.15, 0.2) is 17.8 Å². The number of rotatable bonds is 3. The molecule has 2 aliphatic rings. The Morgan fingerprint density at radius 1 is 1.65 bits per heavy atom. The van der Waals surface area contributed by atoms with Gasteiger partial charge in [-0.2, -0.15) is 0 Å². The van der Waals surface area contributed by atoms with Gasteiger partial charge in [0.15, 0.2) is 11.3 Å². The number of hydrogen-bond donors (Lipinski definition) is 1.